The lowest BCUT2D eigenvalue weighted by Crippen LogP contribution is -2.39. The molecule has 7 heteroatoms. The molecule has 1 N–H and O–H groups in total. The van der Waals surface area contributed by atoms with E-state index >= 15 is 0 Å². The average molecular weight is 346 g/mol. The first kappa shape index (κ1) is 18.1. The van der Waals surface area contributed by atoms with Crippen LogP contribution in [0, 0.1) is 19.3 Å². The molecule has 0 bridgehead atoms. The normalized spacial score (nSPS) is 16.2. The Balaban J connectivity index is 1.86. The maximum Gasteiger partial charge on any atom is 0.145 e. The van der Waals surface area contributed by atoms with Crippen LogP contribution in [-0.4, -0.2) is 77.4 Å². The first-order valence-corrected chi connectivity index (χ1v) is 9.03. The molecule has 0 saturated carbocycles. The molecular weight excluding hydrogens is 316 g/mol. The van der Waals surface area contributed by atoms with Gasteiger partial charge in [0.15, 0.2) is 0 Å². The molecule has 2 aromatic rings. The number of hydrogen-bond donors (Lipinski definition) is 1. The summed E-state index contributed by atoms with van der Waals surface area (Å²) < 4.78 is 9.62. The van der Waals surface area contributed by atoms with Crippen LogP contribution < -0.4 is 5.49 Å². The molecule has 3 heterocycles. The third-order valence-electron chi connectivity index (χ3n) is 5.18. The summed E-state index contributed by atoms with van der Waals surface area (Å²) in [6.45, 7) is 11.4. The van der Waals surface area contributed by atoms with Crippen molar-refractivity contribution in [2.45, 2.75) is 26.9 Å². The molecular formula is C18H30N6O. The monoisotopic (exact) mass is 346 g/mol. The van der Waals surface area contributed by atoms with Crippen LogP contribution in [0.5, 0.6) is 0 Å². The van der Waals surface area contributed by atoms with Gasteiger partial charge in [-0.1, -0.05) is 0 Å². The van der Waals surface area contributed by atoms with Gasteiger partial charge < -0.3 is 18.8 Å². The summed E-state index contributed by atoms with van der Waals surface area (Å²) in [5.74, 6) is 0. The van der Waals surface area contributed by atoms with E-state index < -0.39 is 0 Å². The molecule has 1 fully saturated rings. The van der Waals surface area contributed by atoms with Crippen LogP contribution >= 0.6 is 0 Å². The van der Waals surface area contributed by atoms with E-state index in [1.165, 1.54) is 11.3 Å². The second-order valence-corrected chi connectivity index (χ2v) is 7.10. The van der Waals surface area contributed by atoms with Gasteiger partial charge in [0.2, 0.25) is 0 Å². The number of ether oxygens (including phenoxy) is 1. The Morgan fingerprint density at radius 3 is 2.56 bits per heavy atom. The lowest BCUT2D eigenvalue weighted by molar-refractivity contribution is 0.0362. The quantitative estimate of drug-likeness (QED) is 0.842. The van der Waals surface area contributed by atoms with E-state index in [1.54, 1.807) is 0 Å². The van der Waals surface area contributed by atoms with E-state index in [9.17, 15) is 0 Å². The molecule has 0 atom stereocenters. The van der Waals surface area contributed by atoms with Gasteiger partial charge >= 0.3 is 0 Å². The molecule has 0 unspecified atom stereocenters. The standard InChI is InChI=1S/C18H30N6O/c1-14-15(2)24(8-5-21(3)4)18-16(14)17(19)23(13-20-18)7-6-22-9-11-25-12-10-22/h13,19H,5-12H2,1-4H3. The lowest BCUT2D eigenvalue weighted by Gasteiger charge is -2.26. The summed E-state index contributed by atoms with van der Waals surface area (Å²) in [6.07, 6.45) is 1.83. The maximum absolute atomic E-state index is 8.68. The first-order valence-electron chi connectivity index (χ1n) is 9.03. The van der Waals surface area contributed by atoms with Crippen molar-refractivity contribution in [1.29, 1.82) is 5.41 Å². The van der Waals surface area contributed by atoms with Crippen LogP contribution in [0.2, 0.25) is 0 Å². The summed E-state index contributed by atoms with van der Waals surface area (Å²) >= 11 is 0. The van der Waals surface area contributed by atoms with Crippen molar-refractivity contribution in [1.82, 2.24) is 23.9 Å². The Kier molecular flexibility index (Phi) is 5.56. The predicted octanol–water partition coefficient (Wildman–Crippen LogP) is 0.828. The van der Waals surface area contributed by atoms with Gasteiger partial charge in [-0.2, -0.15) is 0 Å². The summed E-state index contributed by atoms with van der Waals surface area (Å²) in [7, 11) is 4.16. The highest BCUT2D eigenvalue weighted by molar-refractivity contribution is 5.80. The third kappa shape index (κ3) is 3.78. The van der Waals surface area contributed by atoms with Gasteiger partial charge in [-0.25, -0.2) is 4.98 Å². The van der Waals surface area contributed by atoms with E-state index in [1.807, 2.05) is 10.9 Å². The molecule has 1 saturated heterocycles. The molecule has 0 radical (unpaired) electrons. The molecule has 25 heavy (non-hydrogen) atoms. The maximum atomic E-state index is 8.68. The Labute approximate surface area is 149 Å². The summed E-state index contributed by atoms with van der Waals surface area (Å²) in [5.41, 5.74) is 3.89. The third-order valence-corrected chi connectivity index (χ3v) is 5.18. The van der Waals surface area contributed by atoms with Crippen molar-refractivity contribution in [3.05, 3.63) is 23.1 Å². The van der Waals surface area contributed by atoms with Crippen molar-refractivity contribution in [3.63, 3.8) is 0 Å². The number of nitrogens with zero attached hydrogens (tertiary/aromatic N) is 5. The number of morpholine rings is 1. The zero-order valence-corrected chi connectivity index (χ0v) is 15.9. The fourth-order valence-electron chi connectivity index (χ4n) is 3.41. The molecule has 1 aliphatic heterocycles. The molecule has 0 spiro atoms. The van der Waals surface area contributed by atoms with Crippen molar-refractivity contribution in [2.24, 2.45) is 0 Å². The minimum absolute atomic E-state index is 0.572. The van der Waals surface area contributed by atoms with Gasteiger partial charge in [-0.3, -0.25) is 10.3 Å². The molecule has 0 aliphatic carbocycles. The van der Waals surface area contributed by atoms with Crippen molar-refractivity contribution in [2.75, 3.05) is 53.5 Å². The van der Waals surface area contributed by atoms with Gasteiger partial charge in [0.25, 0.3) is 0 Å². The number of aryl methyl sites for hydroxylation is 1. The van der Waals surface area contributed by atoms with Crippen LogP contribution in [0.3, 0.4) is 0 Å². The van der Waals surface area contributed by atoms with Crippen LogP contribution in [0.1, 0.15) is 11.3 Å². The Morgan fingerprint density at radius 1 is 1.16 bits per heavy atom. The number of aromatic nitrogens is 3. The second-order valence-electron chi connectivity index (χ2n) is 7.10. The highest BCUT2D eigenvalue weighted by atomic mass is 16.5. The minimum atomic E-state index is 0.572. The topological polar surface area (TPSA) is 62.3 Å². The van der Waals surface area contributed by atoms with Crippen molar-refractivity contribution >= 4 is 11.0 Å². The molecule has 0 aromatic carbocycles. The molecule has 2 aromatic heterocycles. The lowest BCUT2D eigenvalue weighted by atomic mass is 10.2. The van der Waals surface area contributed by atoms with E-state index in [-0.39, 0.29) is 0 Å². The Morgan fingerprint density at radius 2 is 1.88 bits per heavy atom. The zero-order valence-electron chi connectivity index (χ0n) is 15.9. The molecule has 3 rings (SSSR count). The summed E-state index contributed by atoms with van der Waals surface area (Å²) in [4.78, 5) is 9.27. The predicted molar refractivity (Wildman–Crippen MR) is 98.9 cm³/mol. The van der Waals surface area contributed by atoms with E-state index in [2.05, 4.69) is 42.3 Å². The zero-order chi connectivity index (χ0) is 18.0. The molecule has 1 aliphatic rings. The average Bonchev–Trinajstić information content (AvgIpc) is 2.85. The molecule has 138 valence electrons. The van der Waals surface area contributed by atoms with Crippen LogP contribution in [-0.2, 0) is 17.8 Å². The van der Waals surface area contributed by atoms with Crippen LogP contribution in [0.25, 0.3) is 11.0 Å². The highest BCUT2D eigenvalue weighted by Gasteiger charge is 2.16. The van der Waals surface area contributed by atoms with E-state index in [4.69, 9.17) is 15.1 Å². The van der Waals surface area contributed by atoms with E-state index in [0.29, 0.717) is 5.49 Å². The summed E-state index contributed by atoms with van der Waals surface area (Å²) in [6, 6.07) is 0. The Bertz CT molecular complexity index is 785. The fourth-order valence-corrected chi connectivity index (χ4v) is 3.41. The SMILES string of the molecule is Cc1c(C)n(CCN(C)C)c2ncn(CCN3CCOCC3)c(=N)c12. The number of fused-ring (bicyclic) bond motifs is 1. The van der Waals surface area contributed by atoms with Crippen molar-refractivity contribution < 1.29 is 4.74 Å². The largest absolute Gasteiger partial charge is 0.379 e. The van der Waals surface area contributed by atoms with Crippen molar-refractivity contribution in [3.8, 4) is 0 Å². The highest BCUT2D eigenvalue weighted by Crippen LogP contribution is 2.20. The van der Waals surface area contributed by atoms with Gasteiger partial charge in [0, 0.05) is 45.0 Å². The summed E-state index contributed by atoms with van der Waals surface area (Å²) in [5, 5.41) is 9.67. The first-order chi connectivity index (χ1) is 12.0. The van der Waals surface area contributed by atoms with Crippen LogP contribution in [0.4, 0.5) is 0 Å². The molecule has 0 amide bonds. The fraction of sp³-hybridized carbons (Fsp3) is 0.667. The van der Waals surface area contributed by atoms with Crippen LogP contribution in [0.15, 0.2) is 6.33 Å². The minimum Gasteiger partial charge on any atom is -0.379 e. The van der Waals surface area contributed by atoms with E-state index in [0.717, 1.165) is 63.5 Å². The number of rotatable bonds is 6. The Hall–Kier alpha value is -1.70. The number of likely N-dealkylation sites (N-methyl/N-ethyl adjacent to an activating group) is 1. The van der Waals surface area contributed by atoms with Gasteiger partial charge in [0.05, 0.1) is 24.9 Å². The van der Waals surface area contributed by atoms with Gasteiger partial charge in [-0.15, -0.1) is 0 Å². The van der Waals surface area contributed by atoms with Gasteiger partial charge in [-0.05, 0) is 33.5 Å². The smallest absolute Gasteiger partial charge is 0.145 e. The number of hydrogen-bond acceptors (Lipinski definition) is 5. The van der Waals surface area contributed by atoms with Gasteiger partial charge in [0.1, 0.15) is 11.1 Å². The second kappa shape index (κ2) is 7.68. The molecule has 7 nitrogen and oxygen atoms in total. The number of nitrogens with one attached hydrogen (secondary N) is 1.